The van der Waals surface area contributed by atoms with Gasteiger partial charge in [0.05, 0.1) is 5.41 Å². The van der Waals surface area contributed by atoms with Gasteiger partial charge in [0.2, 0.25) is 0 Å². The number of carboxylic acid groups (broad SMARTS) is 1. The number of aliphatic carboxylic acids is 1. The van der Waals surface area contributed by atoms with Gasteiger partial charge in [0.25, 0.3) is 6.10 Å². The lowest BCUT2D eigenvalue weighted by Crippen LogP contribution is -2.53. The Bertz CT molecular complexity index is 878. The van der Waals surface area contributed by atoms with Gasteiger partial charge in [0.1, 0.15) is 6.10 Å². The summed E-state index contributed by atoms with van der Waals surface area (Å²) in [6.07, 6.45) is -17.1. The van der Waals surface area contributed by atoms with Crippen molar-refractivity contribution in [2.45, 2.75) is 98.7 Å². The minimum absolute atomic E-state index is 0.0722. The molecular weight excluding hydrogens is 510 g/mol. The number of hydrogen-bond acceptors (Lipinski definition) is 5. The summed E-state index contributed by atoms with van der Waals surface area (Å²) in [5.41, 5.74) is -3.75. The van der Waals surface area contributed by atoms with Gasteiger partial charge in [-0.3, -0.25) is 14.4 Å². The van der Waals surface area contributed by atoms with Crippen molar-refractivity contribution in [3.8, 4) is 0 Å². The third-order valence-electron chi connectivity index (χ3n) is 8.08. The van der Waals surface area contributed by atoms with Crippen molar-refractivity contribution >= 4 is 17.9 Å². The highest BCUT2D eigenvalue weighted by molar-refractivity contribution is 6.00. The van der Waals surface area contributed by atoms with Gasteiger partial charge >= 0.3 is 30.3 Å². The predicted octanol–water partition coefficient (Wildman–Crippen LogP) is 6.17. The molecule has 0 aromatic heterocycles. The summed E-state index contributed by atoms with van der Waals surface area (Å²) in [7, 11) is 0. The second-order valence-corrected chi connectivity index (χ2v) is 12.4. The molecule has 6 atom stereocenters. The molecule has 2 fully saturated rings. The monoisotopic (exact) mass is 546 g/mol. The van der Waals surface area contributed by atoms with E-state index >= 15 is 0 Å². The maximum Gasteiger partial charge on any atom is 0.434 e. The van der Waals surface area contributed by atoms with Crippen LogP contribution in [0.1, 0.15) is 74.1 Å². The van der Waals surface area contributed by atoms with E-state index in [1.807, 2.05) is 34.6 Å². The summed E-state index contributed by atoms with van der Waals surface area (Å²) in [4.78, 5) is 38.5. The van der Waals surface area contributed by atoms with E-state index in [1.54, 1.807) is 6.92 Å². The molecule has 2 bridgehead atoms. The van der Waals surface area contributed by atoms with E-state index in [-0.39, 0.29) is 24.2 Å². The summed E-state index contributed by atoms with van der Waals surface area (Å²) < 4.78 is 87.9. The maximum absolute atomic E-state index is 13.3. The maximum atomic E-state index is 13.3. The van der Waals surface area contributed by atoms with E-state index in [0.717, 1.165) is 0 Å². The van der Waals surface area contributed by atoms with E-state index in [0.29, 0.717) is 6.42 Å². The van der Waals surface area contributed by atoms with Crippen LogP contribution in [0, 0.1) is 39.9 Å². The average Bonchev–Trinajstić information content (AvgIpc) is 3.02. The molecule has 0 radical (unpaired) electrons. The lowest BCUT2D eigenvalue weighted by Gasteiger charge is -2.41. The van der Waals surface area contributed by atoms with Crippen molar-refractivity contribution in [3.05, 3.63) is 0 Å². The summed E-state index contributed by atoms with van der Waals surface area (Å²) in [5.74, 6) is -7.14. The lowest BCUT2D eigenvalue weighted by molar-refractivity contribution is -0.316. The zero-order valence-electron chi connectivity index (χ0n) is 22.0. The van der Waals surface area contributed by atoms with Crippen molar-refractivity contribution in [3.63, 3.8) is 0 Å². The molecule has 2 saturated carbocycles. The molecule has 6 unspecified atom stereocenters. The van der Waals surface area contributed by atoms with E-state index in [2.05, 4.69) is 4.74 Å². The Morgan fingerprint density at radius 3 is 1.89 bits per heavy atom. The summed E-state index contributed by atoms with van der Waals surface area (Å²) >= 11 is 0. The van der Waals surface area contributed by atoms with Gasteiger partial charge in [0, 0.05) is 0 Å². The van der Waals surface area contributed by atoms with Crippen molar-refractivity contribution in [2.24, 2.45) is 39.9 Å². The number of ether oxygens (including phenoxy) is 2. The Kier molecular flexibility index (Phi) is 8.39. The quantitative estimate of drug-likeness (QED) is 0.233. The highest BCUT2D eigenvalue weighted by atomic mass is 19.4. The molecule has 2 aliphatic carbocycles. The minimum Gasteiger partial charge on any atom is -0.480 e. The van der Waals surface area contributed by atoms with Gasteiger partial charge in [0.15, 0.2) is 5.41 Å². The van der Waals surface area contributed by atoms with Crippen LogP contribution in [-0.2, 0) is 23.9 Å². The molecule has 37 heavy (non-hydrogen) atoms. The lowest BCUT2D eigenvalue weighted by atomic mass is 9.68. The van der Waals surface area contributed by atoms with E-state index in [4.69, 9.17) is 4.74 Å². The van der Waals surface area contributed by atoms with Crippen molar-refractivity contribution < 1.29 is 55.3 Å². The number of carbonyl (C=O) groups is 3. The second kappa shape index (κ2) is 9.94. The number of rotatable bonds is 7. The van der Waals surface area contributed by atoms with Crippen LogP contribution in [0.25, 0.3) is 0 Å². The standard InChI is InChI=1S/C25H36F6O6/c1-12(2)22(7,11-21(4,5)6)19(34)36-16-9-14-8-15(13(16)3)23(10-14,18(32)33)20(35)37-17(24(26,27)28)25(29,30)31/h12-17H,8-11H2,1-7H3,(H,32,33). The average molecular weight is 547 g/mol. The van der Waals surface area contributed by atoms with Gasteiger partial charge in [-0.15, -0.1) is 0 Å². The second-order valence-electron chi connectivity index (χ2n) is 12.4. The van der Waals surface area contributed by atoms with Crippen LogP contribution in [0.4, 0.5) is 26.3 Å². The third kappa shape index (κ3) is 6.19. The number of esters is 2. The number of hydrogen-bond donors (Lipinski definition) is 1. The smallest absolute Gasteiger partial charge is 0.434 e. The van der Waals surface area contributed by atoms with Gasteiger partial charge in [-0.1, -0.05) is 41.5 Å². The fraction of sp³-hybridized carbons (Fsp3) is 0.880. The Labute approximate surface area is 212 Å². The number of carboxylic acids is 1. The van der Waals surface area contributed by atoms with Gasteiger partial charge in [-0.05, 0) is 61.7 Å². The number of carbonyl (C=O) groups excluding carboxylic acids is 2. The Hall–Kier alpha value is -2.01. The summed E-state index contributed by atoms with van der Waals surface area (Å²) in [5, 5.41) is 9.94. The van der Waals surface area contributed by atoms with Crippen LogP contribution in [0.2, 0.25) is 0 Å². The SMILES string of the molecule is CC1C(OC(=O)C(C)(CC(C)(C)C)C(C)C)CC2CC1C(C(=O)O)(C(=O)OC(C(F)(F)F)C(F)(F)F)C2. The highest BCUT2D eigenvalue weighted by Gasteiger charge is 2.67. The fourth-order valence-corrected chi connectivity index (χ4v) is 6.04. The van der Waals surface area contributed by atoms with Crippen molar-refractivity contribution in [2.75, 3.05) is 0 Å². The Morgan fingerprint density at radius 1 is 0.973 bits per heavy atom. The normalized spacial score (nSPS) is 30.2. The molecule has 214 valence electrons. The van der Waals surface area contributed by atoms with E-state index in [1.165, 1.54) is 6.92 Å². The van der Waals surface area contributed by atoms with Crippen LogP contribution in [-0.4, -0.2) is 47.6 Å². The first kappa shape index (κ1) is 31.2. The van der Waals surface area contributed by atoms with Crippen molar-refractivity contribution in [1.82, 2.24) is 0 Å². The zero-order valence-corrected chi connectivity index (χ0v) is 22.0. The van der Waals surface area contributed by atoms with Crippen LogP contribution < -0.4 is 0 Å². The van der Waals surface area contributed by atoms with Crippen LogP contribution in [0.5, 0.6) is 0 Å². The summed E-state index contributed by atoms with van der Waals surface area (Å²) in [6.45, 7) is 12.9. The molecule has 1 N–H and O–H groups in total. The molecule has 0 saturated heterocycles. The van der Waals surface area contributed by atoms with Crippen LogP contribution in [0.3, 0.4) is 0 Å². The van der Waals surface area contributed by atoms with Gasteiger partial charge in [-0.25, -0.2) is 0 Å². The third-order valence-corrected chi connectivity index (χ3v) is 8.08. The first-order valence-corrected chi connectivity index (χ1v) is 12.3. The van der Waals surface area contributed by atoms with E-state index in [9.17, 15) is 45.8 Å². The van der Waals surface area contributed by atoms with Gasteiger partial charge in [-0.2, -0.15) is 26.3 Å². The molecule has 12 heteroatoms. The number of alkyl halides is 6. The topological polar surface area (TPSA) is 89.9 Å². The van der Waals surface area contributed by atoms with Crippen LogP contribution >= 0.6 is 0 Å². The first-order chi connectivity index (χ1) is 16.5. The van der Waals surface area contributed by atoms with E-state index < -0.39 is 77.5 Å². The molecule has 6 nitrogen and oxygen atoms in total. The Morgan fingerprint density at radius 2 is 1.49 bits per heavy atom. The molecule has 0 spiro atoms. The summed E-state index contributed by atoms with van der Waals surface area (Å²) in [6, 6.07) is 0. The highest BCUT2D eigenvalue weighted by Crippen LogP contribution is 2.58. The van der Waals surface area contributed by atoms with Gasteiger partial charge < -0.3 is 14.6 Å². The molecule has 2 rings (SSSR count). The number of fused-ring (bicyclic) bond motifs is 2. The molecule has 0 aromatic rings. The molecule has 0 aromatic carbocycles. The predicted molar refractivity (Wildman–Crippen MR) is 119 cm³/mol. The van der Waals surface area contributed by atoms with Crippen molar-refractivity contribution in [1.29, 1.82) is 0 Å². The molecule has 0 aliphatic heterocycles. The molecular formula is C25H36F6O6. The number of halogens is 6. The first-order valence-electron chi connectivity index (χ1n) is 12.3. The minimum atomic E-state index is -5.97. The molecule has 0 heterocycles. The Balaban J connectivity index is 2.36. The zero-order chi connectivity index (χ0) is 28.9. The largest absolute Gasteiger partial charge is 0.480 e. The molecule has 2 aliphatic rings. The fourth-order valence-electron chi connectivity index (χ4n) is 6.04. The molecule has 0 amide bonds. The van der Waals surface area contributed by atoms with Crippen LogP contribution in [0.15, 0.2) is 0 Å².